The van der Waals surface area contributed by atoms with Gasteiger partial charge >= 0.3 is 17.9 Å². The average molecular weight is 823 g/mol. The third-order valence-corrected chi connectivity index (χ3v) is 10.2. The van der Waals surface area contributed by atoms with Gasteiger partial charge in [-0.2, -0.15) is 0 Å². The topological polar surface area (TPSA) is 78.9 Å². The van der Waals surface area contributed by atoms with Crippen LogP contribution in [0.5, 0.6) is 0 Å². The maximum Gasteiger partial charge on any atom is 0.306 e. The maximum atomic E-state index is 12.5. The van der Waals surface area contributed by atoms with Crippen LogP contribution < -0.4 is 0 Å². The summed E-state index contributed by atoms with van der Waals surface area (Å²) < 4.78 is 16.5. The van der Waals surface area contributed by atoms with Crippen molar-refractivity contribution in [2.75, 3.05) is 13.2 Å². The fourth-order valence-electron chi connectivity index (χ4n) is 6.56. The summed E-state index contributed by atoms with van der Waals surface area (Å²) in [5.41, 5.74) is 0. The molecule has 338 valence electrons. The summed E-state index contributed by atoms with van der Waals surface area (Å²) in [6.07, 6.45) is 59.8. The van der Waals surface area contributed by atoms with Crippen molar-refractivity contribution < 1.29 is 28.6 Å². The molecule has 0 aromatic carbocycles. The summed E-state index contributed by atoms with van der Waals surface area (Å²) in [4.78, 5) is 37.2. The van der Waals surface area contributed by atoms with Crippen LogP contribution in [0.3, 0.4) is 0 Å². The third-order valence-electron chi connectivity index (χ3n) is 10.2. The van der Waals surface area contributed by atoms with Gasteiger partial charge in [0.1, 0.15) is 13.2 Å². The Bertz CT molecular complexity index is 1130. The second-order valence-electron chi connectivity index (χ2n) is 16.0. The number of carbonyl (C=O) groups excluding carboxylic acids is 3. The molecule has 6 heteroatoms. The SMILES string of the molecule is CC/C=C\C/C=C\C/C=C\C/C=C\C/C=C\C/C=C\CCCCCCCCCCCCCCC(=O)OCC(COC(=O)CCCCCCC)OC(=O)CCCCCCC. The lowest BCUT2D eigenvalue weighted by molar-refractivity contribution is -0.167. The molecule has 0 amide bonds. The van der Waals surface area contributed by atoms with Gasteiger partial charge in [-0.05, 0) is 70.6 Å². The lowest BCUT2D eigenvalue weighted by Crippen LogP contribution is -2.30. The molecule has 0 aromatic rings. The molecule has 0 saturated carbocycles. The highest BCUT2D eigenvalue weighted by atomic mass is 16.6. The van der Waals surface area contributed by atoms with Crippen molar-refractivity contribution in [1.29, 1.82) is 0 Å². The van der Waals surface area contributed by atoms with Gasteiger partial charge in [0.05, 0.1) is 0 Å². The summed E-state index contributed by atoms with van der Waals surface area (Å²) >= 11 is 0. The molecule has 59 heavy (non-hydrogen) atoms. The number of carbonyl (C=O) groups is 3. The minimum absolute atomic E-state index is 0.0757. The van der Waals surface area contributed by atoms with Crippen LogP contribution in [0, 0.1) is 0 Å². The number of rotatable bonds is 43. The van der Waals surface area contributed by atoms with Gasteiger partial charge in [-0.15, -0.1) is 0 Å². The summed E-state index contributed by atoms with van der Waals surface area (Å²) in [5.74, 6) is -0.909. The Balaban J connectivity index is 3.85. The van der Waals surface area contributed by atoms with Crippen molar-refractivity contribution in [3.63, 3.8) is 0 Å². The smallest absolute Gasteiger partial charge is 0.306 e. The highest BCUT2D eigenvalue weighted by Gasteiger charge is 2.19. The Morgan fingerprint density at radius 2 is 0.661 bits per heavy atom. The third kappa shape index (κ3) is 45.8. The van der Waals surface area contributed by atoms with Gasteiger partial charge in [-0.25, -0.2) is 0 Å². The summed E-state index contributed by atoms with van der Waals surface area (Å²) in [7, 11) is 0. The standard InChI is InChI=1S/C53H90O6/c1-4-7-10-13-14-15-16-17-18-19-20-21-22-23-24-25-26-27-28-29-30-31-32-33-34-35-36-37-38-41-43-46-52(55)58-49-50(59-53(56)47-44-40-12-9-6-3)48-57-51(54)45-42-39-11-8-5-2/h7,10,14-15,17-18,20-21,23-24,26-27,50H,4-6,8-9,11-13,16,19,22,25,28-49H2,1-3H3/b10-7-,15-14-,18-17-,21-20-,24-23-,27-26-. The number of unbranched alkanes of at least 4 members (excludes halogenated alkanes) is 20. The van der Waals surface area contributed by atoms with E-state index in [2.05, 4.69) is 93.7 Å². The Morgan fingerprint density at radius 3 is 1.03 bits per heavy atom. The van der Waals surface area contributed by atoms with Gasteiger partial charge in [0, 0.05) is 19.3 Å². The Kier molecular flexibility index (Phi) is 45.0. The molecule has 0 aliphatic heterocycles. The first-order chi connectivity index (χ1) is 29.0. The monoisotopic (exact) mass is 823 g/mol. The maximum absolute atomic E-state index is 12.5. The normalized spacial score (nSPS) is 12.7. The van der Waals surface area contributed by atoms with E-state index in [1.165, 1.54) is 70.6 Å². The molecular formula is C53H90O6. The van der Waals surface area contributed by atoms with Crippen LogP contribution >= 0.6 is 0 Å². The fraction of sp³-hybridized carbons (Fsp3) is 0.717. The molecule has 0 aromatic heterocycles. The van der Waals surface area contributed by atoms with Gasteiger partial charge in [-0.1, -0.05) is 209 Å². The van der Waals surface area contributed by atoms with Gasteiger partial charge in [0.25, 0.3) is 0 Å². The number of esters is 3. The second-order valence-corrected chi connectivity index (χ2v) is 16.0. The fourth-order valence-corrected chi connectivity index (χ4v) is 6.56. The van der Waals surface area contributed by atoms with Crippen LogP contribution in [0.15, 0.2) is 72.9 Å². The molecule has 0 saturated heterocycles. The van der Waals surface area contributed by atoms with Crippen molar-refractivity contribution in [2.45, 2.75) is 232 Å². The molecular weight excluding hydrogens is 733 g/mol. The zero-order chi connectivity index (χ0) is 43.0. The van der Waals surface area contributed by atoms with Crippen LogP contribution in [0.25, 0.3) is 0 Å². The predicted octanol–water partition coefficient (Wildman–Crippen LogP) is 15.9. The van der Waals surface area contributed by atoms with E-state index >= 15 is 0 Å². The van der Waals surface area contributed by atoms with Crippen LogP contribution in [-0.4, -0.2) is 37.2 Å². The summed E-state index contributed by atoms with van der Waals surface area (Å²) in [5, 5.41) is 0. The van der Waals surface area contributed by atoms with Gasteiger partial charge in [-0.3, -0.25) is 14.4 Å². The van der Waals surface area contributed by atoms with Gasteiger partial charge in [0.15, 0.2) is 6.10 Å². The lowest BCUT2D eigenvalue weighted by Gasteiger charge is -2.18. The molecule has 0 N–H and O–H groups in total. The van der Waals surface area contributed by atoms with Crippen LogP contribution in [0.1, 0.15) is 226 Å². The van der Waals surface area contributed by atoms with Crippen molar-refractivity contribution in [3.8, 4) is 0 Å². The van der Waals surface area contributed by atoms with Crippen LogP contribution in [0.4, 0.5) is 0 Å². The van der Waals surface area contributed by atoms with E-state index in [-0.39, 0.29) is 31.1 Å². The minimum Gasteiger partial charge on any atom is -0.462 e. The number of allylic oxidation sites excluding steroid dienone is 12. The van der Waals surface area contributed by atoms with Gasteiger partial charge in [0.2, 0.25) is 0 Å². The second kappa shape index (κ2) is 47.5. The number of hydrogen-bond donors (Lipinski definition) is 0. The van der Waals surface area contributed by atoms with Crippen molar-refractivity contribution >= 4 is 17.9 Å². The van der Waals surface area contributed by atoms with E-state index in [9.17, 15) is 14.4 Å². The van der Waals surface area contributed by atoms with E-state index in [4.69, 9.17) is 14.2 Å². The average Bonchev–Trinajstić information content (AvgIpc) is 3.23. The lowest BCUT2D eigenvalue weighted by atomic mass is 10.0. The molecule has 1 atom stereocenters. The highest BCUT2D eigenvalue weighted by molar-refractivity contribution is 5.71. The number of ether oxygens (including phenoxy) is 3. The Hall–Kier alpha value is -3.15. The zero-order valence-corrected chi connectivity index (χ0v) is 38.5. The van der Waals surface area contributed by atoms with E-state index in [1.807, 2.05) is 0 Å². The number of hydrogen-bond acceptors (Lipinski definition) is 6. The van der Waals surface area contributed by atoms with Crippen molar-refractivity contribution in [3.05, 3.63) is 72.9 Å². The molecule has 0 bridgehead atoms. The zero-order valence-electron chi connectivity index (χ0n) is 38.5. The molecule has 0 aliphatic carbocycles. The van der Waals surface area contributed by atoms with Crippen molar-refractivity contribution in [2.24, 2.45) is 0 Å². The summed E-state index contributed by atoms with van der Waals surface area (Å²) in [6, 6.07) is 0. The first-order valence-corrected chi connectivity index (χ1v) is 24.4. The highest BCUT2D eigenvalue weighted by Crippen LogP contribution is 2.14. The molecule has 0 spiro atoms. The predicted molar refractivity (Wildman–Crippen MR) is 251 cm³/mol. The molecule has 1 unspecified atom stereocenters. The molecule has 0 rings (SSSR count). The Morgan fingerprint density at radius 1 is 0.356 bits per heavy atom. The quantitative estimate of drug-likeness (QED) is 0.0264. The Labute approximate surface area is 363 Å². The molecule has 0 fully saturated rings. The molecule has 0 radical (unpaired) electrons. The van der Waals surface area contributed by atoms with E-state index < -0.39 is 6.10 Å². The van der Waals surface area contributed by atoms with Crippen LogP contribution in [0.2, 0.25) is 0 Å². The van der Waals surface area contributed by atoms with Gasteiger partial charge < -0.3 is 14.2 Å². The molecule has 0 aliphatic rings. The first-order valence-electron chi connectivity index (χ1n) is 24.4. The van der Waals surface area contributed by atoms with Crippen LogP contribution in [-0.2, 0) is 28.6 Å². The molecule has 6 nitrogen and oxygen atoms in total. The first kappa shape index (κ1) is 55.9. The molecule has 0 heterocycles. The van der Waals surface area contributed by atoms with E-state index in [0.29, 0.717) is 19.3 Å². The van der Waals surface area contributed by atoms with E-state index in [0.717, 1.165) is 116 Å². The largest absolute Gasteiger partial charge is 0.462 e. The van der Waals surface area contributed by atoms with E-state index in [1.54, 1.807) is 0 Å². The van der Waals surface area contributed by atoms with Crippen molar-refractivity contribution in [1.82, 2.24) is 0 Å². The minimum atomic E-state index is -0.764. The summed E-state index contributed by atoms with van der Waals surface area (Å²) in [6.45, 7) is 6.33.